The van der Waals surface area contributed by atoms with Gasteiger partial charge in [-0.05, 0) is 57.9 Å². The summed E-state index contributed by atoms with van der Waals surface area (Å²) in [4.78, 5) is 21.7. The maximum absolute atomic E-state index is 12.5. The summed E-state index contributed by atoms with van der Waals surface area (Å²) in [7, 11) is 0. The third kappa shape index (κ3) is 2.62. The first-order valence-corrected chi connectivity index (χ1v) is 9.53. The highest BCUT2D eigenvalue weighted by Crippen LogP contribution is 2.40. The normalized spacial score (nSPS) is 12.9. The van der Waals surface area contributed by atoms with E-state index in [-0.39, 0.29) is 12.0 Å². The van der Waals surface area contributed by atoms with E-state index in [1.54, 1.807) is 0 Å². The highest BCUT2D eigenvalue weighted by molar-refractivity contribution is 7.98. The lowest BCUT2D eigenvalue weighted by Crippen LogP contribution is -2.13. The van der Waals surface area contributed by atoms with Gasteiger partial charge in [-0.25, -0.2) is 14.8 Å². The van der Waals surface area contributed by atoms with Crippen LogP contribution in [0.15, 0.2) is 11.4 Å². The Labute approximate surface area is 146 Å². The Bertz CT molecular complexity index is 796. The van der Waals surface area contributed by atoms with Crippen LogP contribution in [0.4, 0.5) is 0 Å². The molecular formula is C18H23N3O2S. The highest BCUT2D eigenvalue weighted by Gasteiger charge is 2.32. The second kappa shape index (κ2) is 6.59. The fourth-order valence-corrected chi connectivity index (χ4v) is 3.87. The molecule has 0 unspecified atom stereocenters. The van der Waals surface area contributed by atoms with Gasteiger partial charge in [0.05, 0.1) is 23.6 Å². The molecule has 1 aliphatic rings. The van der Waals surface area contributed by atoms with Gasteiger partial charge in [0.2, 0.25) is 0 Å². The summed E-state index contributed by atoms with van der Waals surface area (Å²) in [6.07, 6.45) is 5.57. The van der Waals surface area contributed by atoms with Crippen LogP contribution in [0.3, 0.4) is 0 Å². The number of rotatable bonds is 4. The molecular weight excluding hydrogens is 322 g/mol. The van der Waals surface area contributed by atoms with E-state index in [2.05, 4.69) is 23.4 Å². The molecule has 0 aromatic carbocycles. The maximum Gasteiger partial charge on any atom is 0.340 e. The van der Waals surface area contributed by atoms with E-state index in [1.165, 1.54) is 11.8 Å². The molecule has 2 aromatic heterocycles. The molecule has 0 amide bonds. The van der Waals surface area contributed by atoms with Crippen molar-refractivity contribution in [3.8, 4) is 11.4 Å². The van der Waals surface area contributed by atoms with Gasteiger partial charge in [-0.1, -0.05) is 11.8 Å². The number of thioether (sulfide) groups is 1. The van der Waals surface area contributed by atoms with Crippen LogP contribution in [-0.4, -0.2) is 33.4 Å². The number of aryl methyl sites for hydroxylation is 1. The lowest BCUT2D eigenvalue weighted by molar-refractivity contribution is 0.0524. The largest absolute Gasteiger partial charge is 0.462 e. The van der Waals surface area contributed by atoms with Crippen molar-refractivity contribution in [3.05, 3.63) is 28.6 Å². The quantitative estimate of drug-likeness (QED) is 0.479. The lowest BCUT2D eigenvalue weighted by Gasteiger charge is -2.21. The van der Waals surface area contributed by atoms with Crippen LogP contribution in [0.5, 0.6) is 0 Å². The van der Waals surface area contributed by atoms with Crippen LogP contribution in [0, 0.1) is 6.92 Å². The summed E-state index contributed by atoms with van der Waals surface area (Å²) in [5.74, 6) is -0.228. The van der Waals surface area contributed by atoms with Gasteiger partial charge in [0.15, 0.2) is 5.16 Å². The molecule has 2 aromatic rings. The van der Waals surface area contributed by atoms with E-state index in [9.17, 15) is 4.79 Å². The Morgan fingerprint density at radius 2 is 2.17 bits per heavy atom. The molecule has 0 fully saturated rings. The monoisotopic (exact) mass is 345 g/mol. The fraction of sp³-hybridized carbons (Fsp3) is 0.500. The number of carbonyl (C=O) groups is 1. The molecule has 2 heterocycles. The third-order valence-corrected chi connectivity index (χ3v) is 5.00. The van der Waals surface area contributed by atoms with E-state index in [0.717, 1.165) is 51.8 Å². The summed E-state index contributed by atoms with van der Waals surface area (Å²) in [6, 6.07) is 0.237. The molecule has 3 rings (SSSR count). The number of esters is 1. The van der Waals surface area contributed by atoms with Crippen molar-refractivity contribution >= 4 is 17.7 Å². The number of nitrogens with zero attached hydrogens (tertiary/aromatic N) is 3. The second-order valence-corrected chi connectivity index (χ2v) is 6.98. The summed E-state index contributed by atoms with van der Waals surface area (Å²) in [5.41, 5.74) is 5.92. The van der Waals surface area contributed by atoms with E-state index >= 15 is 0 Å². The number of aromatic nitrogens is 3. The first kappa shape index (κ1) is 17.0. The number of fused-ring (bicyclic) bond motifs is 3. The molecule has 0 aliphatic heterocycles. The highest BCUT2D eigenvalue weighted by atomic mass is 32.2. The summed E-state index contributed by atoms with van der Waals surface area (Å²) in [5, 5.41) is 0.758. The number of hydrogen-bond acceptors (Lipinski definition) is 5. The van der Waals surface area contributed by atoms with Crippen molar-refractivity contribution in [1.29, 1.82) is 0 Å². The molecule has 0 saturated carbocycles. The van der Waals surface area contributed by atoms with Crippen molar-refractivity contribution in [1.82, 2.24) is 14.5 Å². The smallest absolute Gasteiger partial charge is 0.340 e. The molecule has 0 radical (unpaired) electrons. The summed E-state index contributed by atoms with van der Waals surface area (Å²) in [6.45, 7) is 8.49. The molecule has 0 N–H and O–H groups in total. The Balaban J connectivity index is 2.29. The van der Waals surface area contributed by atoms with E-state index in [4.69, 9.17) is 9.72 Å². The van der Waals surface area contributed by atoms with Crippen molar-refractivity contribution < 1.29 is 9.53 Å². The van der Waals surface area contributed by atoms with Gasteiger partial charge in [0, 0.05) is 17.9 Å². The maximum atomic E-state index is 12.5. The van der Waals surface area contributed by atoms with Gasteiger partial charge in [-0.3, -0.25) is 0 Å². The predicted octanol–water partition coefficient (Wildman–Crippen LogP) is 3.83. The number of carbonyl (C=O) groups excluding carboxylic acids is 1. The minimum Gasteiger partial charge on any atom is -0.462 e. The molecule has 24 heavy (non-hydrogen) atoms. The SMILES string of the molecule is CCOC(=O)c1c2c(n(C(C)C)c1C)-c1nc(SC)ncc1CC2. The zero-order valence-corrected chi connectivity index (χ0v) is 15.7. The van der Waals surface area contributed by atoms with Crippen molar-refractivity contribution in [2.24, 2.45) is 0 Å². The van der Waals surface area contributed by atoms with Crippen molar-refractivity contribution in [2.45, 2.75) is 51.7 Å². The van der Waals surface area contributed by atoms with Gasteiger partial charge >= 0.3 is 5.97 Å². The van der Waals surface area contributed by atoms with Crippen LogP contribution < -0.4 is 0 Å². The Hall–Kier alpha value is -1.82. The van der Waals surface area contributed by atoms with Crippen molar-refractivity contribution in [3.63, 3.8) is 0 Å². The van der Waals surface area contributed by atoms with Crippen LogP contribution in [-0.2, 0) is 17.6 Å². The zero-order valence-electron chi connectivity index (χ0n) is 14.8. The van der Waals surface area contributed by atoms with E-state index in [1.807, 2.05) is 26.3 Å². The molecule has 5 nitrogen and oxygen atoms in total. The van der Waals surface area contributed by atoms with E-state index < -0.39 is 0 Å². The first-order valence-electron chi connectivity index (χ1n) is 8.30. The second-order valence-electron chi connectivity index (χ2n) is 6.20. The molecule has 0 spiro atoms. The predicted molar refractivity (Wildman–Crippen MR) is 95.7 cm³/mol. The number of ether oxygens (including phenoxy) is 1. The van der Waals surface area contributed by atoms with Crippen LogP contribution in [0.25, 0.3) is 11.4 Å². The standard InChI is InChI=1S/C18H23N3O2S/c1-6-23-17(22)14-11(4)21(10(2)3)16-13(14)8-7-12-9-19-18(24-5)20-15(12)16/h9-10H,6-8H2,1-5H3. The van der Waals surface area contributed by atoms with Gasteiger partial charge in [0.25, 0.3) is 0 Å². The topological polar surface area (TPSA) is 57.0 Å². The average Bonchev–Trinajstić information content (AvgIpc) is 2.87. The van der Waals surface area contributed by atoms with Crippen molar-refractivity contribution in [2.75, 3.05) is 12.9 Å². The van der Waals surface area contributed by atoms with Gasteiger partial charge in [0.1, 0.15) is 0 Å². The molecule has 0 bridgehead atoms. The van der Waals surface area contributed by atoms with Crippen LogP contribution >= 0.6 is 11.8 Å². The average molecular weight is 345 g/mol. The molecule has 128 valence electrons. The number of hydrogen-bond donors (Lipinski definition) is 0. The summed E-state index contributed by atoms with van der Waals surface area (Å²) < 4.78 is 7.53. The van der Waals surface area contributed by atoms with Gasteiger partial charge < -0.3 is 9.30 Å². The Morgan fingerprint density at radius 1 is 1.42 bits per heavy atom. The minimum absolute atomic E-state index is 0.228. The molecule has 6 heteroatoms. The molecule has 0 saturated heterocycles. The van der Waals surface area contributed by atoms with E-state index in [0.29, 0.717) is 6.61 Å². The van der Waals surface area contributed by atoms with Gasteiger partial charge in [-0.2, -0.15) is 0 Å². The van der Waals surface area contributed by atoms with Crippen LogP contribution in [0.2, 0.25) is 0 Å². The molecule has 0 atom stereocenters. The zero-order chi connectivity index (χ0) is 17.4. The Morgan fingerprint density at radius 3 is 2.79 bits per heavy atom. The third-order valence-electron chi connectivity index (χ3n) is 4.44. The summed E-state index contributed by atoms with van der Waals surface area (Å²) >= 11 is 1.53. The molecule has 1 aliphatic carbocycles. The van der Waals surface area contributed by atoms with Gasteiger partial charge in [-0.15, -0.1) is 0 Å². The Kier molecular flexibility index (Phi) is 4.67. The minimum atomic E-state index is -0.228. The lowest BCUT2D eigenvalue weighted by atomic mass is 9.92. The fourth-order valence-electron chi connectivity index (χ4n) is 3.53. The van der Waals surface area contributed by atoms with Crippen LogP contribution in [0.1, 0.15) is 54.0 Å². The first-order chi connectivity index (χ1) is 11.5.